The molecule has 3 nitrogen and oxygen atoms in total. The number of benzene rings is 4. The van der Waals surface area contributed by atoms with E-state index < -0.39 is 10.5 Å². The van der Waals surface area contributed by atoms with E-state index >= 15 is 0 Å². The highest BCUT2D eigenvalue weighted by Crippen LogP contribution is 2.28. The van der Waals surface area contributed by atoms with E-state index in [0.717, 1.165) is 33.4 Å². The highest BCUT2D eigenvalue weighted by atomic mass is 35.5. The molecule has 0 amide bonds. The molecule has 0 saturated carbocycles. The topological polar surface area (TPSA) is 65.6 Å². The van der Waals surface area contributed by atoms with Crippen molar-refractivity contribution >= 4 is 33.7 Å². The molecule has 0 atom stereocenters. The molecule has 0 heterocycles. The Hall–Kier alpha value is -3.24. The first-order chi connectivity index (χ1) is 14.5. The Kier molecular flexibility index (Phi) is 7.03. The molecule has 0 unspecified atom stereocenters. The summed E-state index contributed by atoms with van der Waals surface area (Å²) in [7, 11) is 0. The standard InChI is InChI=1S/C26H16Cl2O2.H2O/c27-25(29)23-13-9-21(10-14-23)19-5-1-17(2-6-19)18-3-7-20(8-4-18)22-11-15-24(16-12-22)26(28)30;/h1-16H;1H2. The van der Waals surface area contributed by atoms with Crippen LogP contribution in [0.2, 0.25) is 0 Å². The predicted octanol–water partition coefficient (Wildman–Crippen LogP) is 6.62. The maximum Gasteiger partial charge on any atom is 0.252 e. The van der Waals surface area contributed by atoms with E-state index in [2.05, 4.69) is 48.5 Å². The number of halogens is 2. The molecule has 5 heteroatoms. The van der Waals surface area contributed by atoms with Crippen LogP contribution in [0.5, 0.6) is 0 Å². The second-order valence-corrected chi connectivity index (χ2v) is 7.54. The summed E-state index contributed by atoms with van der Waals surface area (Å²) in [6.07, 6.45) is 0. The van der Waals surface area contributed by atoms with Gasteiger partial charge < -0.3 is 5.48 Å². The lowest BCUT2D eigenvalue weighted by molar-refractivity contribution is 0.107. The zero-order valence-electron chi connectivity index (χ0n) is 16.3. The fourth-order valence-electron chi connectivity index (χ4n) is 3.30. The van der Waals surface area contributed by atoms with Crippen LogP contribution in [-0.2, 0) is 0 Å². The predicted molar refractivity (Wildman–Crippen MR) is 127 cm³/mol. The van der Waals surface area contributed by atoms with Gasteiger partial charge >= 0.3 is 0 Å². The van der Waals surface area contributed by atoms with E-state index in [9.17, 15) is 9.59 Å². The van der Waals surface area contributed by atoms with Crippen LogP contribution in [0.1, 0.15) is 20.7 Å². The van der Waals surface area contributed by atoms with Gasteiger partial charge in [0.2, 0.25) is 0 Å². The Morgan fingerprint density at radius 2 is 0.548 bits per heavy atom. The van der Waals surface area contributed by atoms with Crippen LogP contribution in [-0.4, -0.2) is 16.0 Å². The van der Waals surface area contributed by atoms with E-state index in [-0.39, 0.29) is 5.48 Å². The molecule has 0 aliphatic carbocycles. The Morgan fingerprint density at radius 1 is 0.387 bits per heavy atom. The third-order valence-corrected chi connectivity index (χ3v) is 5.43. The van der Waals surface area contributed by atoms with Gasteiger partial charge in [-0.2, -0.15) is 0 Å². The van der Waals surface area contributed by atoms with Crippen molar-refractivity contribution in [2.45, 2.75) is 0 Å². The second kappa shape index (κ2) is 9.71. The minimum Gasteiger partial charge on any atom is -0.412 e. The normalized spacial score (nSPS) is 10.3. The van der Waals surface area contributed by atoms with Crippen molar-refractivity contribution in [3.8, 4) is 33.4 Å². The van der Waals surface area contributed by atoms with Gasteiger partial charge in [-0.25, -0.2) is 0 Å². The maximum absolute atomic E-state index is 11.2. The van der Waals surface area contributed by atoms with Gasteiger partial charge in [0, 0.05) is 11.1 Å². The lowest BCUT2D eigenvalue weighted by Gasteiger charge is -2.07. The minimum absolute atomic E-state index is 0. The van der Waals surface area contributed by atoms with Crippen LogP contribution in [0.3, 0.4) is 0 Å². The van der Waals surface area contributed by atoms with Gasteiger partial charge in [-0.05, 0) is 80.8 Å². The molecule has 0 spiro atoms. The molecule has 4 aromatic carbocycles. The van der Waals surface area contributed by atoms with Gasteiger partial charge in [0.1, 0.15) is 0 Å². The Balaban J connectivity index is 0.00000272. The molecule has 0 aliphatic rings. The number of rotatable bonds is 5. The van der Waals surface area contributed by atoms with Gasteiger partial charge in [0.25, 0.3) is 10.5 Å². The van der Waals surface area contributed by atoms with Gasteiger partial charge in [-0.3, -0.25) is 9.59 Å². The average molecular weight is 449 g/mol. The summed E-state index contributed by atoms with van der Waals surface area (Å²) in [6.45, 7) is 0. The number of carbonyl (C=O) groups is 2. The fourth-order valence-corrected chi connectivity index (χ4v) is 3.55. The first kappa shape index (κ1) is 22.4. The largest absolute Gasteiger partial charge is 0.412 e. The summed E-state index contributed by atoms with van der Waals surface area (Å²) in [4.78, 5) is 22.4. The Morgan fingerprint density at radius 3 is 0.710 bits per heavy atom. The van der Waals surface area contributed by atoms with E-state index in [1.165, 1.54) is 0 Å². The summed E-state index contributed by atoms with van der Waals surface area (Å²) >= 11 is 11.0. The molecule has 0 aliphatic heterocycles. The lowest BCUT2D eigenvalue weighted by atomic mass is 9.97. The number of hydrogen-bond donors (Lipinski definition) is 0. The Labute approximate surface area is 190 Å². The summed E-state index contributed by atoms with van der Waals surface area (Å²) in [5, 5.41) is -0.910. The smallest absolute Gasteiger partial charge is 0.252 e. The molecule has 0 bridgehead atoms. The highest BCUT2D eigenvalue weighted by molar-refractivity contribution is 6.68. The quantitative estimate of drug-likeness (QED) is 0.322. The van der Waals surface area contributed by atoms with Crippen LogP contribution in [0.25, 0.3) is 33.4 Å². The number of hydrogen-bond acceptors (Lipinski definition) is 2. The molecular weight excluding hydrogens is 431 g/mol. The van der Waals surface area contributed by atoms with Crippen molar-refractivity contribution in [1.82, 2.24) is 0 Å². The first-order valence-corrected chi connectivity index (χ1v) is 10.1. The van der Waals surface area contributed by atoms with Crippen LogP contribution >= 0.6 is 23.2 Å². The zero-order valence-corrected chi connectivity index (χ0v) is 17.8. The number of carbonyl (C=O) groups excluding carboxylic acids is 2. The average Bonchev–Trinajstić information content (AvgIpc) is 2.79. The molecule has 0 aromatic heterocycles. The van der Waals surface area contributed by atoms with Crippen LogP contribution in [0.15, 0.2) is 97.1 Å². The summed E-state index contributed by atoms with van der Waals surface area (Å²) < 4.78 is 0. The molecule has 0 fully saturated rings. The SMILES string of the molecule is O.O=C(Cl)c1ccc(-c2ccc(-c3ccc(-c4ccc(C(=O)Cl)cc4)cc3)cc2)cc1. The molecule has 2 N–H and O–H groups in total. The van der Waals surface area contributed by atoms with E-state index in [1.54, 1.807) is 24.3 Å². The summed E-state index contributed by atoms with van der Waals surface area (Å²) in [5.74, 6) is 0. The Bertz CT molecular complexity index is 1100. The minimum atomic E-state index is -0.455. The molecule has 4 rings (SSSR count). The highest BCUT2D eigenvalue weighted by Gasteiger charge is 2.05. The van der Waals surface area contributed by atoms with Crippen molar-refractivity contribution < 1.29 is 15.1 Å². The molecule has 31 heavy (non-hydrogen) atoms. The van der Waals surface area contributed by atoms with Crippen molar-refractivity contribution in [2.75, 3.05) is 0 Å². The first-order valence-electron chi connectivity index (χ1n) is 9.32. The molecule has 154 valence electrons. The van der Waals surface area contributed by atoms with Crippen molar-refractivity contribution in [3.63, 3.8) is 0 Å². The van der Waals surface area contributed by atoms with Crippen LogP contribution < -0.4 is 0 Å². The van der Waals surface area contributed by atoms with Gasteiger partial charge in [0.05, 0.1) is 0 Å². The van der Waals surface area contributed by atoms with Crippen molar-refractivity contribution in [1.29, 1.82) is 0 Å². The molecule has 4 aromatic rings. The molecule has 0 radical (unpaired) electrons. The van der Waals surface area contributed by atoms with Crippen molar-refractivity contribution in [3.05, 3.63) is 108 Å². The monoisotopic (exact) mass is 448 g/mol. The van der Waals surface area contributed by atoms with E-state index in [1.807, 2.05) is 24.3 Å². The van der Waals surface area contributed by atoms with E-state index in [4.69, 9.17) is 23.2 Å². The summed E-state index contributed by atoms with van der Waals surface area (Å²) in [6, 6.07) is 31.0. The third kappa shape index (κ3) is 5.09. The second-order valence-electron chi connectivity index (χ2n) is 6.86. The lowest BCUT2D eigenvalue weighted by Crippen LogP contribution is -1.88. The summed E-state index contributed by atoms with van der Waals surface area (Å²) in [5.41, 5.74) is 7.38. The molecule has 0 saturated heterocycles. The zero-order chi connectivity index (χ0) is 21.1. The van der Waals surface area contributed by atoms with Crippen LogP contribution in [0, 0.1) is 0 Å². The van der Waals surface area contributed by atoms with E-state index in [0.29, 0.717) is 11.1 Å². The van der Waals surface area contributed by atoms with Gasteiger partial charge in [0.15, 0.2) is 0 Å². The molecular formula is C26H18Cl2O3. The fraction of sp³-hybridized carbons (Fsp3) is 0. The van der Waals surface area contributed by atoms with Crippen LogP contribution in [0.4, 0.5) is 0 Å². The maximum atomic E-state index is 11.2. The third-order valence-electron chi connectivity index (χ3n) is 4.99. The van der Waals surface area contributed by atoms with Gasteiger partial charge in [-0.15, -0.1) is 0 Å². The van der Waals surface area contributed by atoms with Crippen molar-refractivity contribution in [2.24, 2.45) is 0 Å². The van der Waals surface area contributed by atoms with Gasteiger partial charge in [-0.1, -0.05) is 72.8 Å².